The van der Waals surface area contributed by atoms with Crippen LogP contribution in [0.2, 0.25) is 0 Å². The second-order valence-electron chi connectivity index (χ2n) is 6.12. The van der Waals surface area contributed by atoms with Gasteiger partial charge >= 0.3 is 0 Å². The first-order chi connectivity index (χ1) is 9.22. The van der Waals surface area contributed by atoms with E-state index in [0.717, 1.165) is 25.7 Å². The average molecular weight is 269 g/mol. The lowest BCUT2D eigenvalue weighted by Crippen LogP contribution is -2.40. The Bertz CT molecular complexity index is 366. The smallest absolute Gasteiger partial charge is 0.244 e. The Labute approximate surface area is 113 Å². The topological polar surface area (TPSA) is 8.81 Å². The molecule has 2 saturated carbocycles. The molecule has 0 atom stereocenters. The van der Waals surface area contributed by atoms with Crippen molar-refractivity contribution in [3.8, 4) is 0 Å². The summed E-state index contributed by atoms with van der Waals surface area (Å²) < 4.78 is 30.8. The average Bonchev–Trinajstić information content (AvgIpc) is 2.90. The highest BCUT2D eigenvalue weighted by Gasteiger charge is 2.28. The summed E-state index contributed by atoms with van der Waals surface area (Å²) in [5.41, 5.74) is 0. The molecule has 0 amide bonds. The summed E-state index contributed by atoms with van der Waals surface area (Å²) >= 11 is 0. The summed E-state index contributed by atoms with van der Waals surface area (Å²) in [5, 5.41) is 0. The van der Waals surface area contributed by atoms with Crippen LogP contribution in [0.15, 0.2) is 18.7 Å². The summed E-state index contributed by atoms with van der Waals surface area (Å²) in [5.74, 6) is 0. The third-order valence-electron chi connectivity index (χ3n) is 4.77. The molecule has 2 aliphatic rings. The summed E-state index contributed by atoms with van der Waals surface area (Å²) in [6, 6.07) is 0.900. The standard InChI is InChI=1S/C15H23F2N2/c16-12-1-5-14(6-2-12)18-9-10-19(11-18)15-7-3-13(17)4-8-15/h9-15H,1-8H2/q+1. The van der Waals surface area contributed by atoms with E-state index < -0.39 is 12.3 Å². The maximum Gasteiger partial charge on any atom is 0.244 e. The van der Waals surface area contributed by atoms with Gasteiger partial charge in [-0.15, -0.1) is 0 Å². The number of hydrogen-bond donors (Lipinski definition) is 0. The predicted octanol–water partition coefficient (Wildman–Crippen LogP) is 3.68. The van der Waals surface area contributed by atoms with Crippen molar-refractivity contribution in [2.24, 2.45) is 0 Å². The molecule has 0 unspecified atom stereocenters. The van der Waals surface area contributed by atoms with E-state index in [1.807, 2.05) is 0 Å². The SMILES string of the molecule is FC1CCC(n2cc[n+](C3CCC(F)CC3)c2)CC1. The molecular formula is C15H23F2N2+. The highest BCUT2D eigenvalue weighted by Crippen LogP contribution is 2.30. The van der Waals surface area contributed by atoms with Crippen molar-refractivity contribution >= 4 is 0 Å². The van der Waals surface area contributed by atoms with E-state index in [1.54, 1.807) is 0 Å². The molecule has 0 bridgehead atoms. The van der Waals surface area contributed by atoms with Crippen molar-refractivity contribution in [1.29, 1.82) is 0 Å². The van der Waals surface area contributed by atoms with Gasteiger partial charge in [-0.2, -0.15) is 0 Å². The lowest BCUT2D eigenvalue weighted by molar-refractivity contribution is -0.725. The Hall–Kier alpha value is -0.930. The van der Waals surface area contributed by atoms with Gasteiger partial charge in [0, 0.05) is 0 Å². The Morgan fingerprint density at radius 3 is 2.05 bits per heavy atom. The third-order valence-corrected chi connectivity index (χ3v) is 4.77. The lowest BCUT2D eigenvalue weighted by atomic mass is 9.94. The van der Waals surface area contributed by atoms with Crippen molar-refractivity contribution in [2.45, 2.75) is 75.8 Å². The molecule has 4 heteroatoms. The zero-order valence-corrected chi connectivity index (χ0v) is 11.3. The van der Waals surface area contributed by atoms with E-state index in [9.17, 15) is 8.78 Å². The predicted molar refractivity (Wildman–Crippen MR) is 69.4 cm³/mol. The minimum Gasteiger partial charge on any atom is -0.247 e. The van der Waals surface area contributed by atoms with E-state index in [-0.39, 0.29) is 0 Å². The van der Waals surface area contributed by atoms with Crippen LogP contribution in [0, 0.1) is 0 Å². The van der Waals surface area contributed by atoms with Gasteiger partial charge in [-0.05, 0) is 51.4 Å². The molecule has 3 rings (SSSR count). The second kappa shape index (κ2) is 5.59. The Kier molecular flexibility index (Phi) is 3.85. The minimum absolute atomic E-state index is 0.450. The highest BCUT2D eigenvalue weighted by atomic mass is 19.1. The van der Waals surface area contributed by atoms with Gasteiger partial charge in [0.25, 0.3) is 0 Å². The van der Waals surface area contributed by atoms with Crippen molar-refractivity contribution in [3.05, 3.63) is 18.7 Å². The number of rotatable bonds is 2. The molecule has 0 N–H and O–H groups in total. The Balaban J connectivity index is 1.63. The van der Waals surface area contributed by atoms with Crippen LogP contribution >= 0.6 is 0 Å². The number of hydrogen-bond acceptors (Lipinski definition) is 0. The fourth-order valence-electron chi connectivity index (χ4n) is 3.48. The van der Waals surface area contributed by atoms with Crippen LogP contribution in [0.3, 0.4) is 0 Å². The molecule has 19 heavy (non-hydrogen) atoms. The molecule has 1 aromatic heterocycles. The summed E-state index contributed by atoms with van der Waals surface area (Å²) in [6.45, 7) is 0. The van der Waals surface area contributed by atoms with Crippen LogP contribution in [0.1, 0.15) is 63.5 Å². The summed E-state index contributed by atoms with van der Waals surface area (Å²) in [6.07, 6.45) is 11.7. The van der Waals surface area contributed by atoms with Crippen LogP contribution in [0.5, 0.6) is 0 Å². The second-order valence-corrected chi connectivity index (χ2v) is 6.12. The largest absolute Gasteiger partial charge is 0.247 e. The van der Waals surface area contributed by atoms with Crippen molar-refractivity contribution < 1.29 is 13.3 Å². The molecule has 1 aromatic rings. The lowest BCUT2D eigenvalue weighted by Gasteiger charge is -2.22. The molecular weight excluding hydrogens is 246 g/mol. The Morgan fingerprint density at radius 2 is 1.42 bits per heavy atom. The first kappa shape index (κ1) is 13.1. The molecule has 0 spiro atoms. The van der Waals surface area contributed by atoms with Gasteiger partial charge in [-0.1, -0.05) is 0 Å². The van der Waals surface area contributed by atoms with Crippen LogP contribution in [-0.4, -0.2) is 16.9 Å². The molecule has 0 radical (unpaired) electrons. The Morgan fingerprint density at radius 1 is 0.842 bits per heavy atom. The van der Waals surface area contributed by atoms with E-state index in [2.05, 4.69) is 27.9 Å². The minimum atomic E-state index is -0.598. The molecule has 2 nitrogen and oxygen atoms in total. The van der Waals surface area contributed by atoms with Crippen molar-refractivity contribution in [1.82, 2.24) is 4.57 Å². The normalized spacial score (nSPS) is 36.3. The van der Waals surface area contributed by atoms with Gasteiger partial charge in [0.15, 0.2) is 0 Å². The van der Waals surface area contributed by atoms with Crippen molar-refractivity contribution in [2.75, 3.05) is 0 Å². The van der Waals surface area contributed by atoms with Gasteiger partial charge in [-0.3, -0.25) is 0 Å². The molecule has 2 aliphatic carbocycles. The maximum atomic E-state index is 13.2. The quantitative estimate of drug-likeness (QED) is 0.724. The van der Waals surface area contributed by atoms with E-state index >= 15 is 0 Å². The van der Waals surface area contributed by atoms with Gasteiger partial charge in [0.1, 0.15) is 36.8 Å². The van der Waals surface area contributed by atoms with Gasteiger partial charge in [0.2, 0.25) is 6.33 Å². The highest BCUT2D eigenvalue weighted by molar-refractivity contribution is 4.81. The van der Waals surface area contributed by atoms with Crippen LogP contribution in [-0.2, 0) is 0 Å². The summed E-state index contributed by atoms with van der Waals surface area (Å²) in [7, 11) is 0. The first-order valence-corrected chi connectivity index (χ1v) is 7.58. The maximum absolute atomic E-state index is 13.2. The van der Waals surface area contributed by atoms with Crippen LogP contribution in [0.4, 0.5) is 8.78 Å². The number of imidazole rings is 1. The third kappa shape index (κ3) is 2.98. The number of nitrogens with zero attached hydrogens (tertiary/aromatic N) is 2. The number of halogens is 2. The zero-order chi connectivity index (χ0) is 13.2. The van der Waals surface area contributed by atoms with E-state index in [1.165, 1.54) is 0 Å². The van der Waals surface area contributed by atoms with Crippen LogP contribution in [0.25, 0.3) is 0 Å². The van der Waals surface area contributed by atoms with Gasteiger partial charge < -0.3 is 0 Å². The number of aromatic nitrogens is 2. The molecule has 1 heterocycles. The fraction of sp³-hybridized carbons (Fsp3) is 0.800. The van der Waals surface area contributed by atoms with E-state index in [4.69, 9.17) is 0 Å². The summed E-state index contributed by atoms with van der Waals surface area (Å²) in [4.78, 5) is 0. The zero-order valence-electron chi connectivity index (χ0n) is 11.3. The fourth-order valence-corrected chi connectivity index (χ4v) is 3.48. The molecule has 0 aromatic carbocycles. The van der Waals surface area contributed by atoms with E-state index in [0.29, 0.717) is 37.8 Å². The molecule has 0 saturated heterocycles. The number of alkyl halides is 2. The van der Waals surface area contributed by atoms with Crippen LogP contribution < -0.4 is 4.57 Å². The molecule has 0 aliphatic heterocycles. The molecule has 106 valence electrons. The van der Waals surface area contributed by atoms with Gasteiger partial charge in [-0.25, -0.2) is 17.9 Å². The molecule has 2 fully saturated rings. The monoisotopic (exact) mass is 269 g/mol. The van der Waals surface area contributed by atoms with Crippen molar-refractivity contribution in [3.63, 3.8) is 0 Å². The first-order valence-electron chi connectivity index (χ1n) is 7.58. The van der Waals surface area contributed by atoms with Gasteiger partial charge in [0.05, 0.1) is 0 Å².